The van der Waals surface area contributed by atoms with Crippen LogP contribution in [0.2, 0.25) is 0 Å². The second-order valence-electron chi connectivity index (χ2n) is 9.37. The number of halogens is 1. The van der Waals surface area contributed by atoms with Crippen molar-refractivity contribution in [3.63, 3.8) is 0 Å². The quantitative estimate of drug-likeness (QED) is 0.329. The van der Waals surface area contributed by atoms with Crippen molar-refractivity contribution in [2.24, 2.45) is 10.9 Å². The van der Waals surface area contributed by atoms with Gasteiger partial charge < -0.3 is 25.2 Å². The lowest BCUT2D eigenvalue weighted by molar-refractivity contribution is 0.0507. The van der Waals surface area contributed by atoms with E-state index in [9.17, 15) is 4.79 Å². The summed E-state index contributed by atoms with van der Waals surface area (Å²) in [6.07, 6.45) is 3.10. The first-order chi connectivity index (χ1) is 13.2. The first-order valence-electron chi connectivity index (χ1n) is 10.9. The first kappa shape index (κ1) is 26.3. The van der Waals surface area contributed by atoms with E-state index in [1.807, 2.05) is 20.8 Å². The molecular formula is C21H42IN5O2. The smallest absolute Gasteiger partial charge is 0.407 e. The van der Waals surface area contributed by atoms with Gasteiger partial charge >= 0.3 is 6.09 Å². The summed E-state index contributed by atoms with van der Waals surface area (Å²) in [4.78, 5) is 21.8. The van der Waals surface area contributed by atoms with Crippen LogP contribution >= 0.6 is 24.0 Å². The summed E-state index contributed by atoms with van der Waals surface area (Å²) in [5.74, 6) is 1.60. The number of alkyl carbamates (subject to hydrolysis) is 1. The van der Waals surface area contributed by atoms with Crippen molar-refractivity contribution >= 4 is 36.0 Å². The topological polar surface area (TPSA) is 69.2 Å². The van der Waals surface area contributed by atoms with Gasteiger partial charge in [0.1, 0.15) is 5.60 Å². The Hall–Kier alpha value is -0.770. The lowest BCUT2D eigenvalue weighted by atomic mass is 9.97. The molecule has 7 nitrogen and oxygen atoms in total. The molecule has 170 valence electrons. The van der Waals surface area contributed by atoms with E-state index in [4.69, 9.17) is 9.73 Å². The third-order valence-electron chi connectivity index (χ3n) is 5.32. The Labute approximate surface area is 194 Å². The summed E-state index contributed by atoms with van der Waals surface area (Å²) in [5, 5.41) is 6.42. The third-order valence-corrected chi connectivity index (χ3v) is 5.32. The molecule has 2 saturated heterocycles. The maximum Gasteiger partial charge on any atom is 0.407 e. The van der Waals surface area contributed by atoms with Crippen LogP contribution in [0.5, 0.6) is 0 Å². The van der Waals surface area contributed by atoms with Crippen molar-refractivity contribution in [1.29, 1.82) is 0 Å². The van der Waals surface area contributed by atoms with Gasteiger partial charge in [-0.2, -0.15) is 0 Å². The molecule has 2 heterocycles. The number of amides is 1. The lowest BCUT2D eigenvalue weighted by Gasteiger charge is -2.35. The predicted octanol–water partition coefficient (Wildman–Crippen LogP) is 3.29. The molecule has 2 fully saturated rings. The highest BCUT2D eigenvalue weighted by molar-refractivity contribution is 14.0. The van der Waals surface area contributed by atoms with Crippen molar-refractivity contribution < 1.29 is 9.53 Å². The van der Waals surface area contributed by atoms with E-state index in [0.717, 1.165) is 45.1 Å². The van der Waals surface area contributed by atoms with Crippen LogP contribution in [0.4, 0.5) is 4.79 Å². The second-order valence-corrected chi connectivity index (χ2v) is 9.37. The van der Waals surface area contributed by atoms with Gasteiger partial charge in [0.2, 0.25) is 0 Å². The molecule has 0 spiro atoms. The van der Waals surface area contributed by atoms with E-state index in [2.05, 4.69) is 41.2 Å². The molecule has 0 bridgehead atoms. The minimum absolute atomic E-state index is 0. The van der Waals surface area contributed by atoms with Gasteiger partial charge in [0.15, 0.2) is 5.96 Å². The van der Waals surface area contributed by atoms with Crippen LogP contribution in [-0.2, 0) is 4.74 Å². The molecule has 2 aliphatic heterocycles. The first-order valence-corrected chi connectivity index (χ1v) is 10.9. The molecule has 2 aliphatic rings. The molecule has 0 aromatic carbocycles. The van der Waals surface area contributed by atoms with E-state index in [1.54, 1.807) is 0 Å². The van der Waals surface area contributed by atoms with Crippen molar-refractivity contribution in [1.82, 2.24) is 20.4 Å². The standard InChI is InChI=1S/C21H41N5O2.HI/c1-7-22-19(23-13-17-9-8-11-25(14-17)16(2)3)26-12-10-18(15-26)24-20(27)28-21(4,5)6;/h16-18H,7-15H2,1-6H3,(H,22,23)(H,24,27);1H. The average Bonchev–Trinajstić information content (AvgIpc) is 3.05. The minimum atomic E-state index is -0.470. The molecule has 1 amide bonds. The van der Waals surface area contributed by atoms with Gasteiger partial charge in [-0.05, 0) is 73.3 Å². The number of carbonyl (C=O) groups is 1. The number of hydrogen-bond donors (Lipinski definition) is 2. The van der Waals surface area contributed by atoms with Crippen LogP contribution in [-0.4, -0.2) is 78.8 Å². The zero-order valence-electron chi connectivity index (χ0n) is 19.2. The molecule has 29 heavy (non-hydrogen) atoms. The van der Waals surface area contributed by atoms with Gasteiger partial charge in [-0.1, -0.05) is 0 Å². The zero-order chi connectivity index (χ0) is 20.7. The molecular weight excluding hydrogens is 481 g/mol. The number of likely N-dealkylation sites (tertiary alicyclic amines) is 2. The highest BCUT2D eigenvalue weighted by atomic mass is 127. The number of nitrogens with one attached hydrogen (secondary N) is 2. The molecule has 0 radical (unpaired) electrons. The fourth-order valence-electron chi connectivity index (χ4n) is 3.90. The maximum atomic E-state index is 12.0. The minimum Gasteiger partial charge on any atom is -0.444 e. The summed E-state index contributed by atoms with van der Waals surface area (Å²) in [6.45, 7) is 18.0. The van der Waals surface area contributed by atoms with E-state index < -0.39 is 5.60 Å². The summed E-state index contributed by atoms with van der Waals surface area (Å²) in [6, 6.07) is 0.711. The Morgan fingerprint density at radius 2 is 1.93 bits per heavy atom. The SMILES string of the molecule is CCNC(=NCC1CCCN(C(C)C)C1)N1CCC(NC(=O)OC(C)(C)C)C1.I. The fourth-order valence-corrected chi connectivity index (χ4v) is 3.90. The van der Waals surface area contributed by atoms with Gasteiger partial charge in [0.25, 0.3) is 0 Å². The molecule has 0 aromatic rings. The van der Waals surface area contributed by atoms with E-state index in [-0.39, 0.29) is 36.1 Å². The lowest BCUT2D eigenvalue weighted by Crippen LogP contribution is -2.45. The van der Waals surface area contributed by atoms with Crippen LogP contribution in [0.1, 0.15) is 60.8 Å². The normalized spacial score (nSPS) is 23.7. The van der Waals surface area contributed by atoms with Gasteiger partial charge in [-0.15, -0.1) is 24.0 Å². The molecule has 2 unspecified atom stereocenters. The van der Waals surface area contributed by atoms with Gasteiger partial charge in [0.05, 0.1) is 6.04 Å². The number of hydrogen-bond acceptors (Lipinski definition) is 4. The summed E-state index contributed by atoms with van der Waals surface area (Å²) < 4.78 is 5.38. The van der Waals surface area contributed by atoms with Gasteiger partial charge in [-0.25, -0.2) is 4.79 Å². The number of rotatable bonds is 5. The van der Waals surface area contributed by atoms with Crippen molar-refractivity contribution in [3.05, 3.63) is 0 Å². The van der Waals surface area contributed by atoms with Gasteiger partial charge in [0, 0.05) is 38.8 Å². The Kier molecular flexibility index (Phi) is 11.0. The third kappa shape index (κ3) is 9.27. The van der Waals surface area contributed by atoms with Crippen LogP contribution < -0.4 is 10.6 Å². The predicted molar refractivity (Wildman–Crippen MR) is 130 cm³/mol. The fraction of sp³-hybridized carbons (Fsp3) is 0.905. The molecule has 0 saturated carbocycles. The monoisotopic (exact) mass is 523 g/mol. The Balaban J connectivity index is 0.00000420. The average molecular weight is 524 g/mol. The van der Waals surface area contributed by atoms with E-state index in [1.165, 1.54) is 19.4 Å². The van der Waals surface area contributed by atoms with Crippen LogP contribution in [0, 0.1) is 5.92 Å². The number of ether oxygens (including phenoxy) is 1. The summed E-state index contributed by atoms with van der Waals surface area (Å²) in [7, 11) is 0. The van der Waals surface area contributed by atoms with Crippen molar-refractivity contribution in [2.75, 3.05) is 39.3 Å². The number of guanidine groups is 1. The highest BCUT2D eigenvalue weighted by Crippen LogP contribution is 2.19. The van der Waals surface area contributed by atoms with Crippen molar-refractivity contribution in [3.8, 4) is 0 Å². The molecule has 2 N–H and O–H groups in total. The van der Waals surface area contributed by atoms with E-state index in [0.29, 0.717) is 12.0 Å². The Morgan fingerprint density at radius 1 is 1.21 bits per heavy atom. The number of piperidine rings is 1. The summed E-state index contributed by atoms with van der Waals surface area (Å²) >= 11 is 0. The Bertz CT molecular complexity index is 536. The molecule has 2 atom stereocenters. The number of aliphatic imine (C=N–C) groups is 1. The van der Waals surface area contributed by atoms with Crippen LogP contribution in [0.25, 0.3) is 0 Å². The van der Waals surface area contributed by atoms with Gasteiger partial charge in [-0.3, -0.25) is 4.99 Å². The van der Waals surface area contributed by atoms with Crippen LogP contribution in [0.15, 0.2) is 4.99 Å². The largest absolute Gasteiger partial charge is 0.444 e. The van der Waals surface area contributed by atoms with Crippen LogP contribution in [0.3, 0.4) is 0 Å². The highest BCUT2D eigenvalue weighted by Gasteiger charge is 2.28. The maximum absolute atomic E-state index is 12.0. The molecule has 2 rings (SSSR count). The molecule has 0 aromatic heterocycles. The molecule has 8 heteroatoms. The number of nitrogens with zero attached hydrogens (tertiary/aromatic N) is 3. The zero-order valence-corrected chi connectivity index (χ0v) is 21.5. The van der Waals surface area contributed by atoms with Crippen molar-refractivity contribution in [2.45, 2.75) is 78.5 Å². The summed E-state index contributed by atoms with van der Waals surface area (Å²) in [5.41, 5.74) is -0.470. The van der Waals surface area contributed by atoms with E-state index >= 15 is 0 Å². The second kappa shape index (κ2) is 12.2. The Morgan fingerprint density at radius 3 is 2.55 bits per heavy atom. The number of carbonyl (C=O) groups excluding carboxylic acids is 1. The molecule has 0 aliphatic carbocycles.